The molecule has 122 valence electrons. The van der Waals surface area contributed by atoms with Gasteiger partial charge in [-0.3, -0.25) is 4.79 Å². The quantitative estimate of drug-likeness (QED) is 0.830. The number of nitrogens with zero attached hydrogens (tertiary/aromatic N) is 2. The number of halogens is 3. The average Bonchev–Trinajstić information content (AvgIpc) is 2.98. The van der Waals surface area contributed by atoms with E-state index in [4.69, 9.17) is 11.6 Å². The van der Waals surface area contributed by atoms with Crippen LogP contribution in [0, 0.1) is 5.92 Å². The van der Waals surface area contributed by atoms with Gasteiger partial charge in [-0.05, 0) is 37.4 Å². The van der Waals surface area contributed by atoms with Crippen LogP contribution in [-0.2, 0) is 0 Å². The van der Waals surface area contributed by atoms with E-state index in [0.717, 1.165) is 19.5 Å². The number of amides is 1. The van der Waals surface area contributed by atoms with Crippen molar-refractivity contribution in [2.75, 3.05) is 32.7 Å². The highest BCUT2D eigenvalue weighted by atomic mass is 35.5. The zero-order valence-electron chi connectivity index (χ0n) is 12.2. The molecule has 1 unspecified atom stereocenters. The molecule has 22 heavy (non-hydrogen) atoms. The first-order valence-electron chi connectivity index (χ1n) is 7.60. The third-order valence-electron chi connectivity index (χ3n) is 4.44. The predicted molar refractivity (Wildman–Crippen MR) is 84.0 cm³/mol. The Morgan fingerprint density at radius 3 is 2.77 bits per heavy atom. The van der Waals surface area contributed by atoms with Gasteiger partial charge in [0.15, 0.2) is 0 Å². The molecule has 7 heteroatoms. The number of carbonyl (C=O) groups is 1. The minimum Gasteiger partial charge on any atom is -0.337 e. The first-order valence-corrected chi connectivity index (χ1v) is 8.85. The minimum absolute atomic E-state index is 0.0180. The van der Waals surface area contributed by atoms with Crippen molar-refractivity contribution in [1.29, 1.82) is 0 Å². The van der Waals surface area contributed by atoms with Crippen LogP contribution >= 0.6 is 22.9 Å². The highest BCUT2D eigenvalue weighted by molar-refractivity contribution is 7.12. The summed E-state index contributed by atoms with van der Waals surface area (Å²) >= 11 is 7.38. The Balaban J connectivity index is 1.49. The Hall–Kier alpha value is -0.720. The fourth-order valence-electron chi connectivity index (χ4n) is 2.91. The van der Waals surface area contributed by atoms with E-state index < -0.39 is 11.8 Å². The molecule has 0 aromatic carbocycles. The van der Waals surface area contributed by atoms with Crippen LogP contribution in [0.25, 0.3) is 0 Å². The lowest BCUT2D eigenvalue weighted by atomic mass is 10.2. The SMILES string of the molecule is O=C(c1sccc1Cl)N1CCCN(CCC2CC2(F)F)CC1. The smallest absolute Gasteiger partial charge is 0.265 e. The van der Waals surface area contributed by atoms with Crippen molar-refractivity contribution in [2.24, 2.45) is 5.92 Å². The molecule has 0 bridgehead atoms. The number of carbonyl (C=O) groups excluding carboxylic acids is 1. The molecular formula is C15H19ClF2N2OS. The lowest BCUT2D eigenvalue weighted by molar-refractivity contribution is 0.0765. The Labute approximate surface area is 137 Å². The molecule has 1 aromatic heterocycles. The van der Waals surface area contributed by atoms with Crippen LogP contribution in [0.4, 0.5) is 8.78 Å². The molecule has 0 radical (unpaired) electrons. The molecule has 1 aliphatic heterocycles. The minimum atomic E-state index is -2.43. The second-order valence-electron chi connectivity index (χ2n) is 6.04. The highest BCUT2D eigenvalue weighted by Crippen LogP contribution is 2.50. The molecule has 1 atom stereocenters. The predicted octanol–water partition coefficient (Wildman–Crippen LogP) is 3.59. The molecule has 2 fully saturated rings. The highest BCUT2D eigenvalue weighted by Gasteiger charge is 2.56. The summed E-state index contributed by atoms with van der Waals surface area (Å²) in [6, 6.07) is 1.74. The summed E-state index contributed by atoms with van der Waals surface area (Å²) in [7, 11) is 0. The summed E-state index contributed by atoms with van der Waals surface area (Å²) < 4.78 is 25.8. The van der Waals surface area contributed by atoms with Gasteiger partial charge < -0.3 is 9.80 Å². The normalized spacial score (nSPS) is 25.0. The largest absolute Gasteiger partial charge is 0.337 e. The van der Waals surface area contributed by atoms with Gasteiger partial charge in [0.05, 0.1) is 5.02 Å². The standard InChI is InChI=1S/C15H19ClF2N2OS/c16-12-3-9-22-13(12)14(21)20-5-1-4-19(7-8-20)6-2-11-10-15(11,17)18/h3,9,11H,1-2,4-8,10H2. The van der Waals surface area contributed by atoms with E-state index in [1.165, 1.54) is 11.3 Å². The molecule has 3 rings (SSSR count). The molecule has 3 nitrogen and oxygen atoms in total. The molecule has 0 spiro atoms. The second-order valence-corrected chi connectivity index (χ2v) is 7.36. The van der Waals surface area contributed by atoms with Crippen molar-refractivity contribution in [2.45, 2.75) is 25.2 Å². The van der Waals surface area contributed by atoms with Crippen molar-refractivity contribution < 1.29 is 13.6 Å². The van der Waals surface area contributed by atoms with Crippen LogP contribution in [0.2, 0.25) is 5.02 Å². The van der Waals surface area contributed by atoms with E-state index in [1.807, 2.05) is 10.3 Å². The van der Waals surface area contributed by atoms with Crippen molar-refractivity contribution >= 4 is 28.8 Å². The summed E-state index contributed by atoms with van der Waals surface area (Å²) in [6.07, 6.45) is 1.47. The van der Waals surface area contributed by atoms with E-state index >= 15 is 0 Å². The zero-order valence-corrected chi connectivity index (χ0v) is 13.8. The Morgan fingerprint density at radius 1 is 1.36 bits per heavy atom. The van der Waals surface area contributed by atoms with Gasteiger partial charge in [-0.1, -0.05) is 11.6 Å². The molecular weight excluding hydrogens is 330 g/mol. The maximum atomic E-state index is 12.9. The number of rotatable bonds is 4. The van der Waals surface area contributed by atoms with Crippen LogP contribution in [-0.4, -0.2) is 54.4 Å². The molecule has 1 saturated carbocycles. The van der Waals surface area contributed by atoms with Crippen LogP contribution in [0.5, 0.6) is 0 Å². The van der Waals surface area contributed by atoms with E-state index in [9.17, 15) is 13.6 Å². The average molecular weight is 349 g/mol. The summed E-state index contributed by atoms with van der Waals surface area (Å²) in [6.45, 7) is 3.63. The molecule has 2 aliphatic rings. The van der Waals surface area contributed by atoms with Gasteiger partial charge in [-0.15, -0.1) is 11.3 Å². The van der Waals surface area contributed by atoms with E-state index in [2.05, 4.69) is 4.90 Å². The van der Waals surface area contributed by atoms with Crippen molar-refractivity contribution in [3.63, 3.8) is 0 Å². The van der Waals surface area contributed by atoms with E-state index in [0.29, 0.717) is 36.0 Å². The maximum absolute atomic E-state index is 12.9. The lowest BCUT2D eigenvalue weighted by Gasteiger charge is -2.21. The number of hydrogen-bond acceptors (Lipinski definition) is 3. The van der Waals surface area contributed by atoms with Gasteiger partial charge in [-0.2, -0.15) is 0 Å². The van der Waals surface area contributed by atoms with Crippen molar-refractivity contribution in [1.82, 2.24) is 9.80 Å². The van der Waals surface area contributed by atoms with Gasteiger partial charge in [0.2, 0.25) is 0 Å². The van der Waals surface area contributed by atoms with Crippen LogP contribution in [0.1, 0.15) is 28.9 Å². The van der Waals surface area contributed by atoms with Gasteiger partial charge in [0.1, 0.15) is 4.88 Å². The molecule has 1 aliphatic carbocycles. The first kappa shape index (κ1) is 16.1. The summed E-state index contributed by atoms with van der Waals surface area (Å²) in [5.74, 6) is -2.88. The molecule has 0 N–H and O–H groups in total. The topological polar surface area (TPSA) is 23.6 Å². The fraction of sp³-hybridized carbons (Fsp3) is 0.667. The van der Waals surface area contributed by atoms with Crippen LogP contribution in [0.15, 0.2) is 11.4 Å². The van der Waals surface area contributed by atoms with Crippen molar-refractivity contribution in [3.8, 4) is 0 Å². The van der Waals surface area contributed by atoms with Gasteiger partial charge in [0, 0.05) is 32.0 Å². The third-order valence-corrected chi connectivity index (χ3v) is 5.77. The van der Waals surface area contributed by atoms with Gasteiger partial charge >= 0.3 is 0 Å². The number of thiophene rings is 1. The Morgan fingerprint density at radius 2 is 2.14 bits per heavy atom. The number of alkyl halides is 2. The van der Waals surface area contributed by atoms with Crippen molar-refractivity contribution in [3.05, 3.63) is 21.3 Å². The third kappa shape index (κ3) is 3.60. The van der Waals surface area contributed by atoms with Gasteiger partial charge in [0.25, 0.3) is 11.8 Å². The molecule has 1 saturated heterocycles. The van der Waals surface area contributed by atoms with Crippen LogP contribution < -0.4 is 0 Å². The maximum Gasteiger partial charge on any atom is 0.265 e. The summed E-state index contributed by atoms with van der Waals surface area (Å²) in [4.78, 5) is 17.0. The lowest BCUT2D eigenvalue weighted by Crippen LogP contribution is -2.35. The first-order chi connectivity index (χ1) is 10.5. The summed E-state index contributed by atoms with van der Waals surface area (Å²) in [5, 5.41) is 2.32. The fourth-order valence-corrected chi connectivity index (χ4v) is 4.01. The zero-order chi connectivity index (χ0) is 15.7. The van der Waals surface area contributed by atoms with Crippen LogP contribution in [0.3, 0.4) is 0 Å². The molecule has 2 heterocycles. The molecule has 1 aromatic rings. The Kier molecular flexibility index (Phi) is 4.71. The summed E-state index contributed by atoms with van der Waals surface area (Å²) in [5.41, 5.74) is 0. The van der Waals surface area contributed by atoms with Gasteiger partial charge in [-0.25, -0.2) is 8.78 Å². The molecule has 1 amide bonds. The second kappa shape index (κ2) is 6.42. The monoisotopic (exact) mass is 348 g/mol. The van der Waals surface area contributed by atoms with E-state index in [-0.39, 0.29) is 12.3 Å². The number of hydrogen-bond donors (Lipinski definition) is 0. The van der Waals surface area contributed by atoms with E-state index in [1.54, 1.807) is 6.07 Å². The Bertz CT molecular complexity index is 551.